The Balaban J connectivity index is 1.55. The first-order chi connectivity index (χ1) is 9.74. The van der Waals surface area contributed by atoms with Gasteiger partial charge in [0.1, 0.15) is 5.52 Å². The lowest BCUT2D eigenvalue weighted by Crippen LogP contribution is -2.45. The van der Waals surface area contributed by atoms with Crippen molar-refractivity contribution in [2.75, 3.05) is 36.9 Å². The summed E-state index contributed by atoms with van der Waals surface area (Å²) in [4.78, 5) is 6.64. The second kappa shape index (κ2) is 4.36. The normalized spacial score (nSPS) is 21.9. The number of anilines is 2. The Morgan fingerprint density at radius 3 is 2.65 bits per heavy atom. The van der Waals surface area contributed by atoms with Gasteiger partial charge in [-0.2, -0.15) is 4.98 Å². The van der Waals surface area contributed by atoms with Crippen molar-refractivity contribution >= 4 is 22.8 Å². The van der Waals surface area contributed by atoms with Crippen LogP contribution in [0.5, 0.6) is 0 Å². The molecule has 1 aromatic heterocycles. The maximum Gasteiger partial charge on any atom is 0.298 e. The van der Waals surface area contributed by atoms with Gasteiger partial charge in [0, 0.05) is 31.6 Å². The molecule has 6 heteroatoms. The fourth-order valence-electron chi connectivity index (χ4n) is 2.89. The predicted molar refractivity (Wildman–Crippen MR) is 74.5 cm³/mol. The van der Waals surface area contributed by atoms with E-state index in [9.17, 15) is 0 Å². The Hall–Kier alpha value is -1.79. The van der Waals surface area contributed by atoms with E-state index < -0.39 is 0 Å². The summed E-state index contributed by atoms with van der Waals surface area (Å²) in [6, 6.07) is 6.16. The molecule has 0 amide bonds. The van der Waals surface area contributed by atoms with Crippen LogP contribution in [0.1, 0.15) is 12.8 Å². The molecule has 3 heterocycles. The molecule has 2 fully saturated rings. The minimum atomic E-state index is -0.368. The third-order valence-corrected chi connectivity index (χ3v) is 4.01. The van der Waals surface area contributed by atoms with Gasteiger partial charge in [0.05, 0.1) is 13.2 Å². The highest BCUT2D eigenvalue weighted by molar-refractivity contribution is 5.78. The molecule has 0 aliphatic carbocycles. The lowest BCUT2D eigenvalue weighted by atomic mass is 10.0. The van der Waals surface area contributed by atoms with Crippen molar-refractivity contribution in [1.29, 1.82) is 0 Å². The van der Waals surface area contributed by atoms with Crippen molar-refractivity contribution in [2.24, 2.45) is 0 Å². The van der Waals surface area contributed by atoms with Gasteiger partial charge in [-0.1, -0.05) is 0 Å². The molecular weight excluding hydrogens is 258 g/mol. The van der Waals surface area contributed by atoms with Crippen molar-refractivity contribution in [2.45, 2.75) is 18.6 Å². The first kappa shape index (κ1) is 12.0. The molecule has 20 heavy (non-hydrogen) atoms. The summed E-state index contributed by atoms with van der Waals surface area (Å²) in [6.45, 7) is 3.04. The van der Waals surface area contributed by atoms with Crippen LogP contribution in [-0.2, 0) is 9.47 Å². The smallest absolute Gasteiger partial charge is 0.298 e. The summed E-state index contributed by atoms with van der Waals surface area (Å²) in [5.74, 6) is -0.368. The van der Waals surface area contributed by atoms with Gasteiger partial charge in [-0.05, 0) is 18.2 Å². The van der Waals surface area contributed by atoms with Gasteiger partial charge in [0.2, 0.25) is 0 Å². The second-order valence-electron chi connectivity index (χ2n) is 5.32. The van der Waals surface area contributed by atoms with Crippen LogP contribution < -0.4 is 10.6 Å². The molecule has 2 aromatic rings. The van der Waals surface area contributed by atoms with Crippen LogP contribution in [0.4, 0.5) is 11.7 Å². The third kappa shape index (κ3) is 1.92. The highest BCUT2D eigenvalue weighted by Gasteiger charge is 2.40. The summed E-state index contributed by atoms with van der Waals surface area (Å²) in [6.07, 6.45) is 1.68. The van der Waals surface area contributed by atoms with E-state index in [-0.39, 0.29) is 5.79 Å². The maximum atomic E-state index is 5.79. The van der Waals surface area contributed by atoms with Gasteiger partial charge in [-0.3, -0.25) is 0 Å². The number of benzene rings is 1. The molecule has 2 aliphatic heterocycles. The number of nitrogens with two attached hydrogens (primary N) is 1. The fourth-order valence-corrected chi connectivity index (χ4v) is 2.89. The van der Waals surface area contributed by atoms with E-state index in [1.165, 1.54) is 0 Å². The molecule has 1 spiro atoms. The summed E-state index contributed by atoms with van der Waals surface area (Å²) < 4.78 is 17.2. The van der Waals surface area contributed by atoms with Gasteiger partial charge >= 0.3 is 0 Å². The number of hydrogen-bond donors (Lipinski definition) is 1. The highest BCUT2D eigenvalue weighted by Crippen LogP contribution is 2.33. The van der Waals surface area contributed by atoms with E-state index in [4.69, 9.17) is 19.6 Å². The molecule has 0 radical (unpaired) electrons. The lowest BCUT2D eigenvalue weighted by Gasteiger charge is -2.36. The van der Waals surface area contributed by atoms with Crippen molar-refractivity contribution in [3.63, 3.8) is 0 Å². The molecule has 2 aliphatic rings. The Morgan fingerprint density at radius 2 is 1.90 bits per heavy atom. The van der Waals surface area contributed by atoms with Gasteiger partial charge < -0.3 is 24.5 Å². The van der Waals surface area contributed by atoms with Crippen molar-refractivity contribution < 1.29 is 13.9 Å². The van der Waals surface area contributed by atoms with Gasteiger partial charge in [-0.25, -0.2) is 0 Å². The van der Waals surface area contributed by atoms with Crippen molar-refractivity contribution in [1.82, 2.24) is 4.98 Å². The average molecular weight is 275 g/mol. The monoisotopic (exact) mass is 275 g/mol. The van der Waals surface area contributed by atoms with E-state index in [1.54, 1.807) is 0 Å². The molecule has 4 rings (SSSR count). The molecule has 0 saturated carbocycles. The molecule has 1 aromatic carbocycles. The Bertz CT molecular complexity index is 624. The van der Waals surface area contributed by atoms with E-state index in [0.29, 0.717) is 24.9 Å². The quantitative estimate of drug-likeness (QED) is 0.799. The number of nitrogens with zero attached hydrogens (tertiary/aromatic N) is 2. The number of piperidine rings is 1. The molecule has 0 unspecified atom stereocenters. The molecule has 2 saturated heterocycles. The van der Waals surface area contributed by atoms with E-state index in [0.717, 1.165) is 37.0 Å². The molecule has 0 bridgehead atoms. The summed E-state index contributed by atoms with van der Waals surface area (Å²) in [5, 5.41) is 0. The van der Waals surface area contributed by atoms with Crippen LogP contribution in [0.3, 0.4) is 0 Å². The zero-order valence-corrected chi connectivity index (χ0v) is 11.2. The summed E-state index contributed by atoms with van der Waals surface area (Å²) >= 11 is 0. The zero-order chi connectivity index (χ0) is 13.6. The number of nitrogen functional groups attached to an aromatic ring is 1. The highest BCUT2D eigenvalue weighted by atomic mass is 16.7. The topological polar surface area (TPSA) is 73.8 Å². The predicted octanol–water partition coefficient (Wildman–Crippen LogP) is 1.75. The van der Waals surface area contributed by atoms with Crippen LogP contribution in [0.2, 0.25) is 0 Å². The minimum Gasteiger partial charge on any atom is -0.423 e. The zero-order valence-electron chi connectivity index (χ0n) is 11.2. The van der Waals surface area contributed by atoms with Crippen molar-refractivity contribution in [3.8, 4) is 0 Å². The Morgan fingerprint density at radius 1 is 1.15 bits per heavy atom. The summed E-state index contributed by atoms with van der Waals surface area (Å²) in [7, 11) is 0. The molecule has 6 nitrogen and oxygen atoms in total. The van der Waals surface area contributed by atoms with E-state index in [2.05, 4.69) is 9.88 Å². The Kier molecular flexibility index (Phi) is 2.61. The summed E-state index contributed by atoms with van der Waals surface area (Å²) in [5.41, 5.74) is 8.02. The maximum absolute atomic E-state index is 5.79. The minimum absolute atomic E-state index is 0.368. The van der Waals surface area contributed by atoms with Crippen LogP contribution in [0.15, 0.2) is 22.6 Å². The number of aromatic nitrogens is 1. The number of oxazole rings is 1. The van der Waals surface area contributed by atoms with Gasteiger partial charge in [0.15, 0.2) is 11.4 Å². The van der Waals surface area contributed by atoms with Crippen LogP contribution in [0, 0.1) is 0 Å². The van der Waals surface area contributed by atoms with Crippen LogP contribution in [-0.4, -0.2) is 37.1 Å². The first-order valence-corrected chi connectivity index (χ1v) is 6.93. The number of rotatable bonds is 1. The van der Waals surface area contributed by atoms with E-state index in [1.807, 2.05) is 18.2 Å². The first-order valence-electron chi connectivity index (χ1n) is 6.93. The van der Waals surface area contributed by atoms with Crippen molar-refractivity contribution in [3.05, 3.63) is 18.2 Å². The molecule has 106 valence electrons. The fraction of sp³-hybridized carbons (Fsp3) is 0.500. The molecule has 0 atom stereocenters. The molecular formula is C14H17N3O3. The van der Waals surface area contributed by atoms with E-state index >= 15 is 0 Å². The average Bonchev–Trinajstić information content (AvgIpc) is 3.06. The van der Waals surface area contributed by atoms with Crippen LogP contribution >= 0.6 is 0 Å². The Labute approximate surface area is 116 Å². The number of fused-ring (bicyclic) bond motifs is 1. The second-order valence-corrected chi connectivity index (χ2v) is 5.32. The largest absolute Gasteiger partial charge is 0.423 e. The third-order valence-electron chi connectivity index (χ3n) is 4.01. The number of ether oxygens (including phenoxy) is 2. The van der Waals surface area contributed by atoms with Gasteiger partial charge in [0.25, 0.3) is 6.01 Å². The SMILES string of the molecule is Nc1ccc2oc(N3CCC4(CC3)OCCO4)nc2c1. The lowest BCUT2D eigenvalue weighted by molar-refractivity contribution is -0.169. The molecule has 2 N–H and O–H groups in total. The number of hydrogen-bond acceptors (Lipinski definition) is 6. The standard InChI is InChI=1S/C14H17N3O3/c15-10-1-2-12-11(9-10)16-13(20-12)17-5-3-14(4-6-17)18-7-8-19-14/h1-2,9H,3-8,15H2. The van der Waals surface area contributed by atoms with Crippen LogP contribution in [0.25, 0.3) is 11.1 Å². The van der Waals surface area contributed by atoms with Gasteiger partial charge in [-0.15, -0.1) is 0 Å².